The van der Waals surface area contributed by atoms with Gasteiger partial charge in [0.25, 0.3) is 0 Å². The summed E-state index contributed by atoms with van der Waals surface area (Å²) in [6, 6.07) is 14.1. The van der Waals surface area contributed by atoms with Gasteiger partial charge in [-0.2, -0.15) is 0 Å². The van der Waals surface area contributed by atoms with Crippen LogP contribution in [-0.2, 0) is 20.8 Å². The van der Waals surface area contributed by atoms with E-state index in [9.17, 15) is 19.2 Å². The lowest BCUT2D eigenvalue weighted by molar-refractivity contribution is -0.131. The van der Waals surface area contributed by atoms with E-state index in [4.69, 9.17) is 5.73 Å². The monoisotopic (exact) mass is 423 g/mol. The molecule has 7 heteroatoms. The molecule has 2 rings (SSSR count). The first-order chi connectivity index (χ1) is 14.7. The van der Waals surface area contributed by atoms with Crippen molar-refractivity contribution < 1.29 is 19.2 Å². The molecule has 0 fully saturated rings. The van der Waals surface area contributed by atoms with Crippen LogP contribution in [0.3, 0.4) is 0 Å². The first kappa shape index (κ1) is 23.8. The summed E-state index contributed by atoms with van der Waals surface area (Å²) >= 11 is 0. The zero-order valence-electron chi connectivity index (χ0n) is 18.1. The van der Waals surface area contributed by atoms with Crippen molar-refractivity contribution in [1.29, 1.82) is 0 Å². The minimum atomic E-state index is -0.938. The van der Waals surface area contributed by atoms with E-state index in [0.29, 0.717) is 17.5 Å². The van der Waals surface area contributed by atoms with E-state index in [1.54, 1.807) is 48.5 Å². The minimum Gasteiger partial charge on any atom is -0.368 e. The van der Waals surface area contributed by atoms with E-state index in [1.807, 2.05) is 19.9 Å². The van der Waals surface area contributed by atoms with Crippen molar-refractivity contribution in [3.63, 3.8) is 0 Å². The molecule has 0 aliphatic carbocycles. The summed E-state index contributed by atoms with van der Waals surface area (Å²) in [6.07, 6.45) is 0.614. The van der Waals surface area contributed by atoms with Crippen LogP contribution in [0.4, 0.5) is 0 Å². The summed E-state index contributed by atoms with van der Waals surface area (Å²) in [5.74, 6) is -1.38. The third-order valence-corrected chi connectivity index (χ3v) is 4.75. The van der Waals surface area contributed by atoms with Crippen LogP contribution in [0.2, 0.25) is 0 Å². The first-order valence-corrected chi connectivity index (χ1v) is 10.2. The molecule has 2 atom stereocenters. The summed E-state index contributed by atoms with van der Waals surface area (Å²) in [7, 11) is 0. The highest BCUT2D eigenvalue weighted by molar-refractivity contribution is 6.08. The van der Waals surface area contributed by atoms with Crippen molar-refractivity contribution in [2.45, 2.75) is 45.7 Å². The van der Waals surface area contributed by atoms with Crippen LogP contribution >= 0.6 is 0 Å². The molecule has 0 aliphatic rings. The molecule has 0 aliphatic heterocycles. The van der Waals surface area contributed by atoms with E-state index in [2.05, 4.69) is 10.6 Å². The second-order valence-electron chi connectivity index (χ2n) is 7.94. The smallest absolute Gasteiger partial charge is 0.243 e. The van der Waals surface area contributed by atoms with Gasteiger partial charge in [-0.05, 0) is 17.9 Å². The maximum absolute atomic E-state index is 12.6. The molecule has 0 saturated heterocycles. The van der Waals surface area contributed by atoms with Crippen molar-refractivity contribution in [2.24, 2.45) is 11.7 Å². The maximum atomic E-state index is 12.6. The number of primary amides is 1. The lowest BCUT2D eigenvalue weighted by Crippen LogP contribution is -2.53. The third-order valence-electron chi connectivity index (χ3n) is 4.75. The van der Waals surface area contributed by atoms with Crippen LogP contribution in [-0.4, -0.2) is 35.6 Å². The number of nitrogens with two attached hydrogens (primary N) is 1. The first-order valence-electron chi connectivity index (χ1n) is 10.2. The Hall–Kier alpha value is -3.48. The highest BCUT2D eigenvalue weighted by Crippen LogP contribution is 2.13. The van der Waals surface area contributed by atoms with Gasteiger partial charge in [-0.1, -0.05) is 68.4 Å². The van der Waals surface area contributed by atoms with Crippen LogP contribution in [0.15, 0.2) is 54.6 Å². The summed E-state index contributed by atoms with van der Waals surface area (Å²) < 4.78 is 0. The number of benzene rings is 2. The Morgan fingerprint density at radius 3 is 1.94 bits per heavy atom. The van der Waals surface area contributed by atoms with E-state index < -0.39 is 23.9 Å². The Morgan fingerprint density at radius 2 is 1.42 bits per heavy atom. The molecule has 7 nitrogen and oxygen atoms in total. The number of amides is 3. The van der Waals surface area contributed by atoms with Gasteiger partial charge in [-0.25, -0.2) is 0 Å². The van der Waals surface area contributed by atoms with Crippen molar-refractivity contribution in [2.75, 3.05) is 0 Å². The number of carbonyl (C=O) groups excluding carboxylic acids is 4. The predicted molar refractivity (Wildman–Crippen MR) is 118 cm³/mol. The highest BCUT2D eigenvalue weighted by Gasteiger charge is 2.26. The Bertz CT molecular complexity index is 924. The van der Waals surface area contributed by atoms with Gasteiger partial charge >= 0.3 is 0 Å². The van der Waals surface area contributed by atoms with Gasteiger partial charge in [0.15, 0.2) is 5.78 Å². The molecular weight excluding hydrogens is 394 g/mol. The second-order valence-corrected chi connectivity index (χ2v) is 7.94. The van der Waals surface area contributed by atoms with E-state index >= 15 is 0 Å². The van der Waals surface area contributed by atoms with E-state index in [0.717, 1.165) is 5.56 Å². The zero-order valence-corrected chi connectivity index (χ0v) is 18.1. The fourth-order valence-electron chi connectivity index (χ4n) is 3.23. The Kier molecular flexibility index (Phi) is 8.49. The fourth-order valence-corrected chi connectivity index (χ4v) is 3.23. The summed E-state index contributed by atoms with van der Waals surface area (Å²) in [6.45, 7) is 5.21. The molecule has 2 aromatic carbocycles. The number of nitrogens with one attached hydrogen (secondary N) is 2. The van der Waals surface area contributed by atoms with Crippen molar-refractivity contribution >= 4 is 23.5 Å². The van der Waals surface area contributed by atoms with Crippen molar-refractivity contribution in [3.8, 4) is 0 Å². The zero-order chi connectivity index (χ0) is 23.0. The van der Waals surface area contributed by atoms with Crippen LogP contribution in [0.1, 0.15) is 48.7 Å². The molecule has 2 aromatic rings. The van der Waals surface area contributed by atoms with E-state index in [1.165, 1.54) is 6.92 Å². The van der Waals surface area contributed by atoms with E-state index in [-0.39, 0.29) is 24.0 Å². The molecule has 0 bridgehead atoms. The summed E-state index contributed by atoms with van der Waals surface area (Å²) in [5, 5.41) is 5.26. The standard InChI is InChI=1S/C24H29N3O4/c1-15(2)13-21(26-16(3)28)24(31)27-20(23(25)30)14-17-9-11-19(12-10-17)22(29)18-7-5-4-6-8-18/h4-12,15,20-21H,13-14H2,1-3H3,(H2,25,30)(H,26,28)(H,27,31)/t20-,21-/m0/s1. The van der Waals surface area contributed by atoms with Crippen LogP contribution in [0.5, 0.6) is 0 Å². The average Bonchev–Trinajstić information content (AvgIpc) is 2.72. The van der Waals surface area contributed by atoms with Gasteiger partial charge < -0.3 is 16.4 Å². The van der Waals surface area contributed by atoms with Crippen LogP contribution < -0.4 is 16.4 Å². The predicted octanol–water partition coefficient (Wildman–Crippen LogP) is 1.98. The molecule has 4 N–H and O–H groups in total. The molecule has 3 amide bonds. The maximum Gasteiger partial charge on any atom is 0.243 e. The highest BCUT2D eigenvalue weighted by atomic mass is 16.2. The summed E-state index contributed by atoms with van der Waals surface area (Å²) in [4.78, 5) is 48.5. The largest absolute Gasteiger partial charge is 0.368 e. The Balaban J connectivity index is 2.08. The molecule has 0 heterocycles. The van der Waals surface area contributed by atoms with Gasteiger partial charge in [-0.3, -0.25) is 19.2 Å². The Labute approximate surface area is 182 Å². The number of ketones is 1. The van der Waals surface area contributed by atoms with Crippen LogP contribution in [0.25, 0.3) is 0 Å². The topological polar surface area (TPSA) is 118 Å². The molecule has 0 spiro atoms. The lowest BCUT2D eigenvalue weighted by atomic mass is 9.98. The third kappa shape index (κ3) is 7.37. The van der Waals surface area contributed by atoms with Gasteiger partial charge in [0.1, 0.15) is 12.1 Å². The average molecular weight is 424 g/mol. The second kappa shape index (κ2) is 11.1. The number of rotatable bonds is 10. The lowest BCUT2D eigenvalue weighted by Gasteiger charge is -2.22. The molecule has 0 radical (unpaired) electrons. The van der Waals surface area contributed by atoms with Gasteiger partial charge in [0, 0.05) is 24.5 Å². The molecule has 0 saturated carbocycles. The molecule has 0 unspecified atom stereocenters. The number of carbonyl (C=O) groups is 4. The molecule has 31 heavy (non-hydrogen) atoms. The Morgan fingerprint density at radius 1 is 0.839 bits per heavy atom. The summed E-state index contributed by atoms with van der Waals surface area (Å²) in [5.41, 5.74) is 7.35. The van der Waals surface area contributed by atoms with Crippen molar-refractivity contribution in [3.05, 3.63) is 71.3 Å². The van der Waals surface area contributed by atoms with Crippen LogP contribution in [0, 0.1) is 5.92 Å². The quantitative estimate of drug-likeness (QED) is 0.506. The SMILES string of the molecule is CC(=O)N[C@@H](CC(C)C)C(=O)N[C@@H](Cc1ccc(C(=O)c2ccccc2)cc1)C(N)=O. The van der Waals surface area contributed by atoms with Gasteiger partial charge in [0.05, 0.1) is 0 Å². The molecular formula is C24H29N3O4. The molecule has 164 valence electrons. The van der Waals surface area contributed by atoms with Crippen molar-refractivity contribution in [1.82, 2.24) is 10.6 Å². The normalized spacial score (nSPS) is 12.6. The molecule has 0 aromatic heterocycles. The number of hydrogen-bond donors (Lipinski definition) is 3. The van der Waals surface area contributed by atoms with Gasteiger partial charge in [0.2, 0.25) is 17.7 Å². The minimum absolute atomic E-state index is 0.0984. The van der Waals surface area contributed by atoms with Gasteiger partial charge in [-0.15, -0.1) is 0 Å². The fraction of sp³-hybridized carbons (Fsp3) is 0.333. The number of hydrogen-bond acceptors (Lipinski definition) is 4.